The summed E-state index contributed by atoms with van der Waals surface area (Å²) in [7, 11) is 0. The molecule has 3 aromatic carbocycles. The van der Waals surface area contributed by atoms with Gasteiger partial charge in [0, 0.05) is 17.0 Å². The monoisotopic (exact) mass is 550 g/mol. The van der Waals surface area contributed by atoms with Gasteiger partial charge in [0.25, 0.3) is 0 Å². The van der Waals surface area contributed by atoms with E-state index in [4.69, 9.17) is 9.47 Å². The Morgan fingerprint density at radius 1 is 0.800 bits per heavy atom. The number of rotatable bonds is 13. The SMILES string of the molecule is CC=CC1CCC(c2ccc(-c3ccc(-c4ccc(OCCCCCCCCC)c(F)c4F)cc3)cc2F)OC1. The number of ether oxygens (including phenoxy) is 2. The van der Waals surface area contributed by atoms with Crippen LogP contribution in [0.25, 0.3) is 22.3 Å². The number of hydrogen-bond donors (Lipinski definition) is 0. The van der Waals surface area contributed by atoms with E-state index in [1.54, 1.807) is 36.4 Å². The van der Waals surface area contributed by atoms with Gasteiger partial charge in [-0.2, -0.15) is 4.39 Å². The van der Waals surface area contributed by atoms with Gasteiger partial charge in [-0.1, -0.05) is 94.0 Å². The van der Waals surface area contributed by atoms with E-state index >= 15 is 4.39 Å². The van der Waals surface area contributed by atoms with Gasteiger partial charge >= 0.3 is 0 Å². The van der Waals surface area contributed by atoms with Crippen LogP contribution in [0.15, 0.2) is 66.7 Å². The Balaban J connectivity index is 1.36. The smallest absolute Gasteiger partial charge is 0.201 e. The topological polar surface area (TPSA) is 18.5 Å². The second-order valence-electron chi connectivity index (χ2n) is 10.7. The Morgan fingerprint density at radius 3 is 2.17 bits per heavy atom. The molecule has 1 saturated heterocycles. The van der Waals surface area contributed by atoms with Crippen LogP contribution >= 0.6 is 0 Å². The van der Waals surface area contributed by atoms with Gasteiger partial charge in [0.2, 0.25) is 5.82 Å². The summed E-state index contributed by atoms with van der Waals surface area (Å²) >= 11 is 0. The molecule has 1 fully saturated rings. The van der Waals surface area contributed by atoms with Crippen LogP contribution in [0.4, 0.5) is 13.2 Å². The van der Waals surface area contributed by atoms with Gasteiger partial charge in [-0.3, -0.25) is 0 Å². The van der Waals surface area contributed by atoms with E-state index in [0.717, 1.165) is 43.2 Å². The van der Waals surface area contributed by atoms with Gasteiger partial charge in [-0.25, -0.2) is 8.78 Å². The Morgan fingerprint density at radius 2 is 1.50 bits per heavy atom. The van der Waals surface area contributed by atoms with Crippen molar-refractivity contribution in [3.63, 3.8) is 0 Å². The summed E-state index contributed by atoms with van der Waals surface area (Å²) in [6.45, 7) is 5.16. The number of halogens is 3. The molecule has 0 radical (unpaired) electrons. The van der Waals surface area contributed by atoms with Gasteiger partial charge in [-0.05, 0) is 61.1 Å². The van der Waals surface area contributed by atoms with Crippen LogP contribution in [0, 0.1) is 23.4 Å². The average Bonchev–Trinajstić information content (AvgIpc) is 2.97. The van der Waals surface area contributed by atoms with Crippen LogP contribution in [0.2, 0.25) is 0 Å². The highest BCUT2D eigenvalue weighted by molar-refractivity contribution is 5.71. The van der Waals surface area contributed by atoms with Crippen molar-refractivity contribution in [1.82, 2.24) is 0 Å². The second-order valence-corrected chi connectivity index (χ2v) is 10.7. The molecule has 5 heteroatoms. The standard InChI is InChI=1S/C35H41F3O2/c1-3-5-6-7-8-9-10-22-39-33-21-19-29(34(37)35(33)38)27-15-13-26(14-16-27)28-17-18-30(31(36)23-28)32-20-12-25(11-4-2)24-40-32/h4,11,13-19,21,23,25,32H,3,5-10,12,20,22,24H2,1-2H3. The van der Waals surface area contributed by atoms with Crippen molar-refractivity contribution < 1.29 is 22.6 Å². The van der Waals surface area contributed by atoms with Crippen LogP contribution in [0.5, 0.6) is 5.75 Å². The maximum absolute atomic E-state index is 15.0. The third kappa shape index (κ3) is 7.78. The van der Waals surface area contributed by atoms with Crippen molar-refractivity contribution in [3.05, 3.63) is 89.8 Å². The molecule has 0 aliphatic carbocycles. The van der Waals surface area contributed by atoms with E-state index in [1.807, 2.05) is 19.1 Å². The van der Waals surface area contributed by atoms with E-state index in [2.05, 4.69) is 13.0 Å². The largest absolute Gasteiger partial charge is 0.490 e. The predicted molar refractivity (Wildman–Crippen MR) is 157 cm³/mol. The number of hydrogen-bond acceptors (Lipinski definition) is 2. The summed E-state index contributed by atoms with van der Waals surface area (Å²) < 4.78 is 56.2. The predicted octanol–water partition coefficient (Wildman–Crippen LogP) is 10.6. The molecule has 214 valence electrons. The van der Waals surface area contributed by atoms with Gasteiger partial charge in [0.15, 0.2) is 11.6 Å². The fourth-order valence-corrected chi connectivity index (χ4v) is 5.36. The molecule has 3 aromatic rings. The molecule has 2 atom stereocenters. The van der Waals surface area contributed by atoms with Crippen molar-refractivity contribution >= 4 is 0 Å². The molecule has 0 N–H and O–H groups in total. The summed E-state index contributed by atoms with van der Waals surface area (Å²) in [6.07, 6.45) is 13.6. The zero-order valence-electron chi connectivity index (χ0n) is 23.7. The van der Waals surface area contributed by atoms with Crippen LogP contribution in [-0.2, 0) is 4.74 Å². The maximum atomic E-state index is 15.0. The molecule has 1 aliphatic heterocycles. The number of allylic oxidation sites excluding steroid dienone is 1. The fourth-order valence-electron chi connectivity index (χ4n) is 5.36. The summed E-state index contributed by atoms with van der Waals surface area (Å²) in [6, 6.07) is 15.3. The normalized spacial score (nSPS) is 17.4. The third-order valence-electron chi connectivity index (χ3n) is 7.70. The first-order valence-electron chi connectivity index (χ1n) is 14.8. The molecule has 0 saturated carbocycles. The molecule has 0 amide bonds. The summed E-state index contributed by atoms with van der Waals surface area (Å²) in [5.74, 6) is -1.86. The van der Waals surface area contributed by atoms with Crippen LogP contribution in [0.1, 0.15) is 83.3 Å². The van der Waals surface area contributed by atoms with Crippen molar-refractivity contribution in [3.8, 4) is 28.0 Å². The van der Waals surface area contributed by atoms with Gasteiger partial charge in [-0.15, -0.1) is 0 Å². The fraction of sp³-hybridized carbons (Fsp3) is 0.429. The molecule has 4 rings (SSSR count). The summed E-state index contributed by atoms with van der Waals surface area (Å²) in [5, 5.41) is 0. The van der Waals surface area contributed by atoms with E-state index < -0.39 is 11.6 Å². The average molecular weight is 551 g/mol. The highest BCUT2D eigenvalue weighted by atomic mass is 19.2. The minimum atomic E-state index is -0.968. The molecule has 1 aliphatic rings. The molecule has 0 bridgehead atoms. The number of unbranched alkanes of at least 4 members (excludes halogenated alkanes) is 6. The van der Waals surface area contributed by atoms with E-state index in [9.17, 15) is 8.78 Å². The van der Waals surface area contributed by atoms with E-state index in [0.29, 0.717) is 30.3 Å². The molecule has 2 nitrogen and oxygen atoms in total. The zero-order valence-corrected chi connectivity index (χ0v) is 23.7. The third-order valence-corrected chi connectivity index (χ3v) is 7.70. The first-order chi connectivity index (χ1) is 19.5. The summed E-state index contributed by atoms with van der Waals surface area (Å²) in [4.78, 5) is 0. The lowest BCUT2D eigenvalue weighted by molar-refractivity contribution is -0.00711. The quantitative estimate of drug-likeness (QED) is 0.156. The first-order valence-corrected chi connectivity index (χ1v) is 14.8. The minimum absolute atomic E-state index is 0.0567. The maximum Gasteiger partial charge on any atom is 0.201 e. The van der Waals surface area contributed by atoms with Crippen LogP contribution in [-0.4, -0.2) is 13.2 Å². The minimum Gasteiger partial charge on any atom is -0.490 e. The molecule has 0 aromatic heterocycles. The molecule has 1 heterocycles. The number of benzene rings is 3. The lowest BCUT2D eigenvalue weighted by Gasteiger charge is -2.28. The Labute approximate surface area is 237 Å². The molecule has 2 unspecified atom stereocenters. The molecular formula is C35H41F3O2. The van der Waals surface area contributed by atoms with Crippen LogP contribution < -0.4 is 4.74 Å². The second kappa shape index (κ2) is 15.1. The summed E-state index contributed by atoms with van der Waals surface area (Å²) in [5.41, 5.74) is 2.80. The lowest BCUT2D eigenvalue weighted by atomic mass is 9.93. The lowest BCUT2D eigenvalue weighted by Crippen LogP contribution is -2.20. The van der Waals surface area contributed by atoms with Crippen molar-refractivity contribution in [2.24, 2.45) is 5.92 Å². The van der Waals surface area contributed by atoms with E-state index in [-0.39, 0.29) is 23.2 Å². The zero-order chi connectivity index (χ0) is 28.3. The molecule has 0 spiro atoms. The Kier molecular flexibility index (Phi) is 11.3. The Hall–Kier alpha value is -3.05. The van der Waals surface area contributed by atoms with Crippen molar-refractivity contribution in [1.29, 1.82) is 0 Å². The van der Waals surface area contributed by atoms with Crippen molar-refractivity contribution in [2.45, 2.75) is 77.7 Å². The highest BCUT2D eigenvalue weighted by Gasteiger charge is 2.24. The molecule has 40 heavy (non-hydrogen) atoms. The van der Waals surface area contributed by atoms with Crippen molar-refractivity contribution in [2.75, 3.05) is 13.2 Å². The highest BCUT2D eigenvalue weighted by Crippen LogP contribution is 2.35. The van der Waals surface area contributed by atoms with Gasteiger partial charge in [0.05, 0.1) is 19.3 Å². The molecular weight excluding hydrogens is 509 g/mol. The Bertz CT molecular complexity index is 1240. The first kappa shape index (κ1) is 29.9. The van der Waals surface area contributed by atoms with Gasteiger partial charge < -0.3 is 9.47 Å². The van der Waals surface area contributed by atoms with Crippen LogP contribution in [0.3, 0.4) is 0 Å². The van der Waals surface area contributed by atoms with Gasteiger partial charge in [0.1, 0.15) is 5.82 Å². The van der Waals surface area contributed by atoms with E-state index in [1.165, 1.54) is 37.8 Å².